The number of piperidine rings is 1. The molecule has 3 atom stereocenters. The average Bonchev–Trinajstić information content (AvgIpc) is 2.90. The van der Waals surface area contributed by atoms with Crippen molar-refractivity contribution in [1.29, 1.82) is 0 Å². The molecule has 0 radical (unpaired) electrons. The first kappa shape index (κ1) is 31.6. The van der Waals surface area contributed by atoms with E-state index in [4.69, 9.17) is 0 Å². The van der Waals surface area contributed by atoms with Gasteiger partial charge in [0.05, 0.1) is 29.8 Å². The minimum absolute atomic E-state index is 0.0427. The van der Waals surface area contributed by atoms with Gasteiger partial charge in [-0.2, -0.15) is 26.3 Å². The van der Waals surface area contributed by atoms with Crippen molar-refractivity contribution in [3.63, 3.8) is 0 Å². The Balaban J connectivity index is 1.66. The lowest BCUT2D eigenvalue weighted by atomic mass is 9.88. The molecule has 3 amide bonds. The average molecular weight is 603 g/mol. The maximum absolute atomic E-state index is 14.0. The highest BCUT2D eigenvalue weighted by Gasteiger charge is 2.41. The van der Waals surface area contributed by atoms with Gasteiger partial charge in [0.2, 0.25) is 5.91 Å². The van der Waals surface area contributed by atoms with E-state index in [1.807, 2.05) is 11.9 Å². The van der Waals surface area contributed by atoms with E-state index in [9.17, 15) is 40.3 Å². The lowest BCUT2D eigenvalue weighted by molar-refractivity contribution is -0.143. The molecule has 0 N–H and O–H groups in total. The van der Waals surface area contributed by atoms with Crippen LogP contribution in [-0.4, -0.2) is 77.9 Å². The highest BCUT2D eigenvalue weighted by atomic mass is 19.4. The van der Waals surface area contributed by atoms with Crippen molar-refractivity contribution in [2.24, 2.45) is 0 Å². The number of likely N-dealkylation sites (N-methyl/N-ethyl adjacent to an activating group) is 1. The fourth-order valence-corrected chi connectivity index (χ4v) is 5.77. The molecule has 42 heavy (non-hydrogen) atoms. The molecular formula is C29H33F7N4O2. The van der Waals surface area contributed by atoms with E-state index in [2.05, 4.69) is 0 Å². The third-order valence-corrected chi connectivity index (χ3v) is 8.28. The van der Waals surface area contributed by atoms with Gasteiger partial charge in [-0.3, -0.25) is 9.69 Å². The Morgan fingerprint density at radius 1 is 0.976 bits per heavy atom. The number of amides is 3. The van der Waals surface area contributed by atoms with E-state index >= 15 is 0 Å². The Kier molecular flexibility index (Phi) is 8.82. The molecule has 2 aromatic rings. The number of hydrogen-bond donors (Lipinski definition) is 0. The van der Waals surface area contributed by atoms with E-state index in [0.717, 1.165) is 4.90 Å². The summed E-state index contributed by atoms with van der Waals surface area (Å²) in [6.45, 7) is 4.69. The predicted octanol–water partition coefficient (Wildman–Crippen LogP) is 6.26. The van der Waals surface area contributed by atoms with Gasteiger partial charge in [0.25, 0.3) is 0 Å². The molecule has 2 aliphatic heterocycles. The van der Waals surface area contributed by atoms with E-state index in [1.165, 1.54) is 31.0 Å². The number of halogens is 7. The first-order chi connectivity index (χ1) is 19.5. The number of rotatable bonds is 4. The molecule has 2 saturated heterocycles. The molecule has 230 valence electrons. The van der Waals surface area contributed by atoms with Crippen molar-refractivity contribution in [3.8, 4) is 0 Å². The van der Waals surface area contributed by atoms with Crippen molar-refractivity contribution in [1.82, 2.24) is 19.6 Å². The third kappa shape index (κ3) is 6.66. The van der Waals surface area contributed by atoms with Gasteiger partial charge in [-0.1, -0.05) is 6.07 Å². The first-order valence-electron chi connectivity index (χ1n) is 13.5. The molecule has 3 unspecified atom stereocenters. The second kappa shape index (κ2) is 11.7. The smallest absolute Gasteiger partial charge is 0.337 e. The van der Waals surface area contributed by atoms with Gasteiger partial charge >= 0.3 is 18.4 Å². The second-order valence-electron chi connectivity index (χ2n) is 11.1. The van der Waals surface area contributed by atoms with Gasteiger partial charge in [0.1, 0.15) is 5.82 Å². The molecule has 0 spiro atoms. The minimum atomic E-state index is -5.02. The molecule has 0 saturated carbocycles. The summed E-state index contributed by atoms with van der Waals surface area (Å²) in [5.74, 6) is -0.509. The number of urea groups is 1. The van der Waals surface area contributed by atoms with Crippen molar-refractivity contribution in [3.05, 3.63) is 70.0 Å². The molecule has 6 nitrogen and oxygen atoms in total. The summed E-state index contributed by atoms with van der Waals surface area (Å²) < 4.78 is 94.9. The monoisotopic (exact) mass is 602 g/mol. The zero-order chi connectivity index (χ0) is 31.1. The third-order valence-electron chi connectivity index (χ3n) is 8.28. The van der Waals surface area contributed by atoms with E-state index < -0.39 is 47.4 Å². The van der Waals surface area contributed by atoms with Gasteiger partial charge in [0.15, 0.2) is 0 Å². The normalized spacial score (nSPS) is 21.5. The topological polar surface area (TPSA) is 47.1 Å². The highest BCUT2D eigenvalue weighted by molar-refractivity contribution is 5.79. The Labute approximate surface area is 239 Å². The summed E-state index contributed by atoms with van der Waals surface area (Å²) in [5, 5.41) is 0. The molecule has 2 aromatic carbocycles. The van der Waals surface area contributed by atoms with Crippen LogP contribution in [0.2, 0.25) is 0 Å². The summed E-state index contributed by atoms with van der Waals surface area (Å²) in [6.07, 6.45) is -9.27. The summed E-state index contributed by atoms with van der Waals surface area (Å²) in [7, 11) is 3.17. The quantitative estimate of drug-likeness (QED) is 0.388. The standard InChI is InChI=1S/C29H33F7N4O2/c1-17-11-22(30)5-6-24(17)25-15-23(39-10-9-37(3)16-26(39)41)7-8-40(25)27(42)38(4)18(2)19-12-20(28(31,32)33)14-21(13-19)29(34,35)36/h5-6,11-14,18,23,25H,7-10,15-16H2,1-4H3. The predicted molar refractivity (Wildman–Crippen MR) is 141 cm³/mol. The summed E-state index contributed by atoms with van der Waals surface area (Å²) in [6, 6.07) is 2.90. The maximum Gasteiger partial charge on any atom is 0.416 e. The molecule has 2 aliphatic rings. The van der Waals surface area contributed by atoms with Crippen molar-refractivity contribution in [2.45, 2.75) is 57.2 Å². The van der Waals surface area contributed by atoms with Gasteiger partial charge in [-0.15, -0.1) is 0 Å². The largest absolute Gasteiger partial charge is 0.416 e. The fourth-order valence-electron chi connectivity index (χ4n) is 5.77. The van der Waals surface area contributed by atoms with E-state index in [1.54, 1.807) is 17.9 Å². The zero-order valence-electron chi connectivity index (χ0n) is 23.7. The lowest BCUT2D eigenvalue weighted by Gasteiger charge is -2.47. The fraction of sp³-hybridized carbons (Fsp3) is 0.517. The summed E-state index contributed by atoms with van der Waals surface area (Å²) >= 11 is 0. The Morgan fingerprint density at radius 3 is 2.14 bits per heavy atom. The van der Waals surface area contributed by atoms with Gasteiger partial charge in [-0.25, -0.2) is 9.18 Å². The van der Waals surface area contributed by atoms with E-state index in [-0.39, 0.29) is 36.7 Å². The molecule has 2 heterocycles. The molecule has 2 fully saturated rings. The number of hydrogen-bond acceptors (Lipinski definition) is 3. The van der Waals surface area contributed by atoms with Crippen molar-refractivity contribution >= 4 is 11.9 Å². The number of piperazine rings is 1. The number of carbonyl (C=O) groups is 2. The number of carbonyl (C=O) groups excluding carboxylic acids is 2. The number of aryl methyl sites for hydroxylation is 1. The SMILES string of the molecule is Cc1cc(F)ccc1C1CC(N2CCN(C)CC2=O)CCN1C(=O)N(C)C(C)c1cc(C(F)(F)F)cc(C(F)(F)F)c1. The zero-order valence-corrected chi connectivity index (χ0v) is 23.7. The molecule has 0 bridgehead atoms. The lowest BCUT2D eigenvalue weighted by Crippen LogP contribution is -2.57. The number of alkyl halides is 6. The Bertz CT molecular complexity index is 1300. The Hall–Kier alpha value is -3.35. The minimum Gasteiger partial charge on any atom is -0.337 e. The molecule has 4 rings (SSSR count). The number of nitrogens with zero attached hydrogens (tertiary/aromatic N) is 4. The van der Waals surface area contributed by atoms with E-state index in [0.29, 0.717) is 49.2 Å². The number of likely N-dealkylation sites (tertiary alicyclic amines) is 1. The molecular weight excluding hydrogens is 569 g/mol. The highest BCUT2D eigenvalue weighted by Crippen LogP contribution is 2.40. The van der Waals surface area contributed by atoms with Crippen LogP contribution >= 0.6 is 0 Å². The molecule has 13 heteroatoms. The number of benzene rings is 2. The Morgan fingerprint density at radius 2 is 1.60 bits per heavy atom. The van der Waals surface area contributed by atoms with Crippen LogP contribution in [0.15, 0.2) is 36.4 Å². The summed E-state index contributed by atoms with van der Waals surface area (Å²) in [5.41, 5.74) is -2.02. The van der Waals surface area contributed by atoms with Crippen molar-refractivity contribution < 1.29 is 40.3 Å². The van der Waals surface area contributed by atoms with Crippen LogP contribution < -0.4 is 0 Å². The van der Waals surface area contributed by atoms with Gasteiger partial charge < -0.3 is 14.7 Å². The molecule has 0 aliphatic carbocycles. The van der Waals surface area contributed by atoms with Crippen LogP contribution in [0.3, 0.4) is 0 Å². The van der Waals surface area contributed by atoms with Gasteiger partial charge in [0, 0.05) is 32.7 Å². The van der Waals surface area contributed by atoms with Crippen LogP contribution in [0.25, 0.3) is 0 Å². The maximum atomic E-state index is 14.0. The van der Waals surface area contributed by atoms with Gasteiger partial charge in [-0.05, 0) is 80.8 Å². The van der Waals surface area contributed by atoms with Crippen LogP contribution in [0, 0.1) is 12.7 Å². The van der Waals surface area contributed by atoms with Crippen LogP contribution in [-0.2, 0) is 17.1 Å². The second-order valence-corrected chi connectivity index (χ2v) is 11.1. The molecule has 0 aromatic heterocycles. The van der Waals surface area contributed by atoms with Crippen LogP contribution in [0.4, 0.5) is 35.5 Å². The summed E-state index contributed by atoms with van der Waals surface area (Å²) in [4.78, 5) is 33.0. The van der Waals surface area contributed by atoms with Crippen LogP contribution in [0.1, 0.15) is 59.7 Å². The van der Waals surface area contributed by atoms with Crippen LogP contribution in [0.5, 0.6) is 0 Å². The first-order valence-corrected chi connectivity index (χ1v) is 13.5. The van der Waals surface area contributed by atoms with Crippen molar-refractivity contribution in [2.75, 3.05) is 40.3 Å².